The van der Waals surface area contributed by atoms with E-state index >= 15 is 0 Å². The van der Waals surface area contributed by atoms with Crippen molar-refractivity contribution in [3.63, 3.8) is 0 Å². The molecule has 0 unspecified atom stereocenters. The molecule has 0 saturated heterocycles. The summed E-state index contributed by atoms with van der Waals surface area (Å²) in [5, 5.41) is 11.6. The zero-order chi connectivity index (χ0) is 12.3. The highest BCUT2D eigenvalue weighted by Gasteiger charge is 2.10. The van der Waals surface area contributed by atoms with E-state index in [-0.39, 0.29) is 5.69 Å². The molecule has 1 aromatic heterocycles. The number of hydrogen-bond donors (Lipinski definition) is 0. The second-order valence-electron chi connectivity index (χ2n) is 3.49. The smallest absolute Gasteiger partial charge is 0.168 e. The lowest BCUT2D eigenvalue weighted by molar-refractivity contribution is -0.255. The van der Waals surface area contributed by atoms with Crippen molar-refractivity contribution in [3.8, 4) is 0 Å². The molecule has 5 heteroatoms. The first kappa shape index (κ1) is 11.7. The Labute approximate surface area is 103 Å². The van der Waals surface area contributed by atoms with Crippen LogP contribution in [0.15, 0.2) is 41.7 Å². The molecule has 0 aliphatic heterocycles. The summed E-state index contributed by atoms with van der Waals surface area (Å²) >= 11 is 1.41. The first-order valence-corrected chi connectivity index (χ1v) is 6.29. The van der Waals surface area contributed by atoms with Gasteiger partial charge in [0.2, 0.25) is 0 Å². The van der Waals surface area contributed by atoms with Gasteiger partial charge < -0.3 is 14.5 Å². The SMILES string of the molecule is CSc1ncc(C(=O)[O-])n1Cc1ccccc1. The van der Waals surface area contributed by atoms with Gasteiger partial charge in [0.05, 0.1) is 24.4 Å². The van der Waals surface area contributed by atoms with E-state index in [4.69, 9.17) is 0 Å². The summed E-state index contributed by atoms with van der Waals surface area (Å²) in [4.78, 5) is 15.0. The van der Waals surface area contributed by atoms with Gasteiger partial charge in [0.25, 0.3) is 0 Å². The van der Waals surface area contributed by atoms with Gasteiger partial charge in [-0.1, -0.05) is 42.1 Å². The first-order valence-electron chi connectivity index (χ1n) is 5.07. The van der Waals surface area contributed by atoms with Crippen LogP contribution in [-0.4, -0.2) is 21.8 Å². The molecule has 0 saturated carbocycles. The van der Waals surface area contributed by atoms with E-state index in [1.54, 1.807) is 4.57 Å². The molecule has 1 heterocycles. The third kappa shape index (κ3) is 2.50. The lowest BCUT2D eigenvalue weighted by atomic mass is 10.2. The quantitative estimate of drug-likeness (QED) is 0.757. The number of benzene rings is 1. The highest BCUT2D eigenvalue weighted by atomic mass is 32.2. The van der Waals surface area contributed by atoms with Crippen LogP contribution in [0.5, 0.6) is 0 Å². The van der Waals surface area contributed by atoms with E-state index in [2.05, 4.69) is 4.98 Å². The second kappa shape index (κ2) is 5.05. The molecule has 0 amide bonds. The largest absolute Gasteiger partial charge is 0.543 e. The number of nitrogens with zero attached hydrogens (tertiary/aromatic N) is 2. The Hall–Kier alpha value is -1.75. The number of imidazole rings is 1. The predicted octanol–water partition coefficient (Wildman–Crippen LogP) is 1.02. The van der Waals surface area contributed by atoms with Crippen LogP contribution in [0.25, 0.3) is 0 Å². The number of rotatable bonds is 4. The number of carbonyl (C=O) groups is 1. The van der Waals surface area contributed by atoms with Crippen molar-refractivity contribution < 1.29 is 9.90 Å². The minimum Gasteiger partial charge on any atom is -0.543 e. The maximum atomic E-state index is 11.0. The van der Waals surface area contributed by atoms with E-state index < -0.39 is 5.97 Å². The van der Waals surface area contributed by atoms with Crippen molar-refractivity contribution in [2.45, 2.75) is 11.7 Å². The van der Waals surface area contributed by atoms with E-state index in [0.717, 1.165) is 5.56 Å². The summed E-state index contributed by atoms with van der Waals surface area (Å²) in [7, 11) is 0. The number of carboxylic acid groups (broad SMARTS) is 1. The Balaban J connectivity index is 2.37. The van der Waals surface area contributed by atoms with Crippen LogP contribution >= 0.6 is 11.8 Å². The van der Waals surface area contributed by atoms with Crippen LogP contribution in [0, 0.1) is 0 Å². The standard InChI is InChI=1S/C12H12N2O2S/c1-17-12-13-7-10(11(15)16)14(12)8-9-5-3-2-4-6-9/h2-7H,8H2,1H3,(H,15,16)/p-1. The average Bonchev–Trinajstić information content (AvgIpc) is 2.73. The summed E-state index contributed by atoms with van der Waals surface area (Å²) in [6.07, 6.45) is 3.20. The summed E-state index contributed by atoms with van der Waals surface area (Å²) < 4.78 is 1.65. The topological polar surface area (TPSA) is 57.9 Å². The molecular weight excluding hydrogens is 236 g/mol. The molecule has 2 aromatic rings. The monoisotopic (exact) mass is 247 g/mol. The van der Waals surface area contributed by atoms with Crippen LogP contribution in [0.3, 0.4) is 0 Å². The molecule has 17 heavy (non-hydrogen) atoms. The van der Waals surface area contributed by atoms with E-state index in [9.17, 15) is 9.90 Å². The van der Waals surface area contributed by atoms with Crippen molar-refractivity contribution in [2.75, 3.05) is 6.26 Å². The molecule has 0 atom stereocenters. The summed E-state index contributed by atoms with van der Waals surface area (Å²) in [6, 6.07) is 9.66. The number of hydrogen-bond acceptors (Lipinski definition) is 4. The van der Waals surface area contributed by atoms with Gasteiger partial charge in [-0.25, -0.2) is 4.98 Å². The van der Waals surface area contributed by atoms with Crippen LogP contribution in [-0.2, 0) is 6.54 Å². The fourth-order valence-corrected chi connectivity index (χ4v) is 2.14. The fraction of sp³-hybridized carbons (Fsp3) is 0.167. The minimum absolute atomic E-state index is 0.109. The Morgan fingerprint density at radius 1 is 1.41 bits per heavy atom. The Morgan fingerprint density at radius 3 is 2.71 bits per heavy atom. The normalized spacial score (nSPS) is 10.4. The van der Waals surface area contributed by atoms with Gasteiger partial charge in [-0.2, -0.15) is 0 Å². The molecule has 0 N–H and O–H groups in total. The summed E-state index contributed by atoms with van der Waals surface area (Å²) in [5.74, 6) is -1.20. The number of aromatic carboxylic acids is 1. The molecule has 0 aliphatic rings. The van der Waals surface area contributed by atoms with Gasteiger partial charge in [-0.3, -0.25) is 0 Å². The number of carboxylic acids is 1. The van der Waals surface area contributed by atoms with Crippen LogP contribution in [0.4, 0.5) is 0 Å². The van der Waals surface area contributed by atoms with Crippen molar-refractivity contribution in [1.82, 2.24) is 9.55 Å². The van der Waals surface area contributed by atoms with Crippen LogP contribution < -0.4 is 5.11 Å². The number of aromatic nitrogens is 2. The third-order valence-corrected chi connectivity index (χ3v) is 3.09. The minimum atomic E-state index is -1.20. The van der Waals surface area contributed by atoms with Gasteiger partial charge in [-0.05, 0) is 11.8 Å². The Bertz CT molecular complexity index is 523. The highest BCUT2D eigenvalue weighted by Crippen LogP contribution is 2.17. The van der Waals surface area contributed by atoms with Crippen molar-refractivity contribution in [1.29, 1.82) is 0 Å². The van der Waals surface area contributed by atoms with Gasteiger partial charge in [-0.15, -0.1) is 0 Å². The highest BCUT2D eigenvalue weighted by molar-refractivity contribution is 7.98. The summed E-state index contributed by atoms with van der Waals surface area (Å²) in [5.41, 5.74) is 1.14. The zero-order valence-corrected chi connectivity index (χ0v) is 10.1. The first-order chi connectivity index (χ1) is 8.22. The van der Waals surface area contributed by atoms with Gasteiger partial charge >= 0.3 is 0 Å². The molecule has 88 valence electrons. The lowest BCUT2D eigenvalue weighted by Gasteiger charge is -2.11. The molecule has 0 fully saturated rings. The Morgan fingerprint density at radius 2 is 2.12 bits per heavy atom. The Kier molecular flexibility index (Phi) is 3.49. The summed E-state index contributed by atoms with van der Waals surface area (Å²) in [6.45, 7) is 0.486. The zero-order valence-electron chi connectivity index (χ0n) is 9.29. The second-order valence-corrected chi connectivity index (χ2v) is 4.26. The molecular formula is C12H11N2O2S-. The maximum Gasteiger partial charge on any atom is 0.168 e. The molecule has 0 spiro atoms. The van der Waals surface area contributed by atoms with Gasteiger partial charge in [0.15, 0.2) is 5.16 Å². The van der Waals surface area contributed by atoms with Gasteiger partial charge in [0.1, 0.15) is 0 Å². The van der Waals surface area contributed by atoms with Crippen molar-refractivity contribution in [3.05, 3.63) is 47.8 Å². The van der Waals surface area contributed by atoms with Crippen LogP contribution in [0.1, 0.15) is 16.1 Å². The van der Waals surface area contributed by atoms with Gasteiger partial charge in [0, 0.05) is 0 Å². The third-order valence-electron chi connectivity index (χ3n) is 2.39. The number of thioether (sulfide) groups is 1. The van der Waals surface area contributed by atoms with Crippen molar-refractivity contribution >= 4 is 17.7 Å². The van der Waals surface area contributed by atoms with Crippen molar-refractivity contribution in [2.24, 2.45) is 0 Å². The fourth-order valence-electron chi connectivity index (χ4n) is 1.60. The molecule has 0 aliphatic carbocycles. The maximum absolute atomic E-state index is 11.0. The van der Waals surface area contributed by atoms with Crippen LogP contribution in [0.2, 0.25) is 0 Å². The molecule has 2 rings (SSSR count). The average molecular weight is 247 g/mol. The van der Waals surface area contributed by atoms with E-state index in [1.807, 2.05) is 36.6 Å². The van der Waals surface area contributed by atoms with E-state index in [0.29, 0.717) is 11.7 Å². The van der Waals surface area contributed by atoms with E-state index in [1.165, 1.54) is 18.0 Å². The molecule has 4 nitrogen and oxygen atoms in total. The molecule has 0 bridgehead atoms. The molecule has 1 aromatic carbocycles. The lowest BCUT2D eigenvalue weighted by Crippen LogP contribution is -2.26. The number of carbonyl (C=O) groups excluding carboxylic acids is 1. The molecule has 0 radical (unpaired) electrons. The predicted molar refractivity (Wildman–Crippen MR) is 63.9 cm³/mol.